The van der Waals surface area contributed by atoms with E-state index in [1.54, 1.807) is 0 Å². The average molecular weight is 349 g/mol. The maximum Gasteiger partial charge on any atom is 0.272 e. The Balaban J connectivity index is 1.89. The lowest BCUT2D eigenvalue weighted by molar-refractivity contribution is 0.0937. The van der Waals surface area contributed by atoms with Crippen molar-refractivity contribution in [2.75, 3.05) is 6.61 Å². The summed E-state index contributed by atoms with van der Waals surface area (Å²) in [6, 6.07) is 19.6. The van der Waals surface area contributed by atoms with E-state index in [1.807, 2.05) is 61.5 Å². The molecule has 0 fully saturated rings. The third-order valence-corrected chi connectivity index (χ3v) is 3.84. The first-order valence-corrected chi connectivity index (χ1v) is 8.31. The molecule has 1 atom stereocenters. The highest BCUT2D eigenvalue weighted by molar-refractivity contribution is 5.92. The zero-order valence-corrected chi connectivity index (χ0v) is 14.3. The summed E-state index contributed by atoms with van der Waals surface area (Å²) in [4.78, 5) is 23.7. The van der Waals surface area contributed by atoms with Gasteiger partial charge in [0, 0.05) is 6.07 Å². The molecule has 0 saturated carbocycles. The van der Waals surface area contributed by atoms with Crippen molar-refractivity contribution in [1.82, 2.24) is 15.5 Å². The fourth-order valence-electron chi connectivity index (χ4n) is 2.60. The lowest BCUT2D eigenvalue weighted by atomic mass is 9.98. The van der Waals surface area contributed by atoms with Gasteiger partial charge in [0.25, 0.3) is 11.5 Å². The lowest BCUT2D eigenvalue weighted by Crippen LogP contribution is -2.30. The zero-order chi connectivity index (χ0) is 18.4. The van der Waals surface area contributed by atoms with E-state index >= 15 is 0 Å². The normalized spacial score (nSPS) is 11.6. The first kappa shape index (κ1) is 17.4. The molecule has 6 nitrogen and oxygen atoms in total. The lowest BCUT2D eigenvalue weighted by Gasteiger charge is -2.20. The van der Waals surface area contributed by atoms with Crippen LogP contribution in [-0.4, -0.2) is 22.7 Å². The van der Waals surface area contributed by atoms with Crippen molar-refractivity contribution in [3.63, 3.8) is 0 Å². The molecule has 0 saturated heterocycles. The molecule has 26 heavy (non-hydrogen) atoms. The van der Waals surface area contributed by atoms with Gasteiger partial charge < -0.3 is 10.1 Å². The molecule has 1 unspecified atom stereocenters. The molecule has 3 rings (SSSR count). The van der Waals surface area contributed by atoms with Gasteiger partial charge in [0.05, 0.1) is 12.6 Å². The highest BCUT2D eigenvalue weighted by Crippen LogP contribution is 2.24. The molecule has 1 aromatic heterocycles. The Hall–Kier alpha value is -3.41. The Morgan fingerprint density at radius 2 is 1.73 bits per heavy atom. The fourth-order valence-corrected chi connectivity index (χ4v) is 2.60. The number of benzene rings is 2. The predicted octanol–water partition coefficient (Wildman–Crippen LogP) is 2.69. The highest BCUT2D eigenvalue weighted by Gasteiger charge is 2.18. The second-order valence-corrected chi connectivity index (χ2v) is 5.63. The number of rotatable bonds is 6. The molecule has 3 aromatic rings. The Kier molecular flexibility index (Phi) is 5.43. The summed E-state index contributed by atoms with van der Waals surface area (Å²) in [6.45, 7) is 2.52. The van der Waals surface area contributed by atoms with Gasteiger partial charge in [-0.1, -0.05) is 42.5 Å². The van der Waals surface area contributed by atoms with Gasteiger partial charge in [0.15, 0.2) is 0 Å². The number of hydrogen-bond acceptors (Lipinski definition) is 4. The van der Waals surface area contributed by atoms with Crippen LogP contribution in [0, 0.1) is 0 Å². The van der Waals surface area contributed by atoms with Crippen molar-refractivity contribution in [2.45, 2.75) is 13.0 Å². The molecular weight excluding hydrogens is 330 g/mol. The number of ether oxygens (including phenoxy) is 1. The summed E-state index contributed by atoms with van der Waals surface area (Å²) in [5.74, 6) is 0.403. The molecule has 1 amide bonds. The topological polar surface area (TPSA) is 84.1 Å². The van der Waals surface area contributed by atoms with Gasteiger partial charge in [-0.05, 0) is 36.2 Å². The fraction of sp³-hybridized carbons (Fsp3) is 0.150. The minimum absolute atomic E-state index is 0.150. The highest BCUT2D eigenvalue weighted by atomic mass is 16.5. The van der Waals surface area contributed by atoms with Crippen LogP contribution < -0.4 is 15.6 Å². The van der Waals surface area contributed by atoms with Gasteiger partial charge in [-0.25, -0.2) is 5.10 Å². The molecule has 2 N–H and O–H groups in total. The second-order valence-electron chi connectivity index (χ2n) is 5.63. The second kappa shape index (κ2) is 8.11. The smallest absolute Gasteiger partial charge is 0.272 e. The minimum Gasteiger partial charge on any atom is -0.494 e. The van der Waals surface area contributed by atoms with Crippen LogP contribution in [0.15, 0.2) is 71.5 Å². The maximum atomic E-state index is 12.6. The van der Waals surface area contributed by atoms with Crippen LogP contribution in [0.2, 0.25) is 0 Å². The van der Waals surface area contributed by atoms with Crippen molar-refractivity contribution < 1.29 is 9.53 Å². The zero-order valence-electron chi connectivity index (χ0n) is 14.3. The molecule has 1 heterocycles. The number of H-pyrrole nitrogens is 1. The number of carbonyl (C=O) groups excluding carboxylic acids is 1. The van der Waals surface area contributed by atoms with Crippen molar-refractivity contribution in [1.29, 1.82) is 0 Å². The monoisotopic (exact) mass is 349 g/mol. The van der Waals surface area contributed by atoms with Crippen molar-refractivity contribution in [3.05, 3.63) is 93.9 Å². The van der Waals surface area contributed by atoms with E-state index in [4.69, 9.17) is 4.74 Å². The summed E-state index contributed by atoms with van der Waals surface area (Å²) in [6.07, 6.45) is 0. The number of hydrogen-bond donors (Lipinski definition) is 2. The summed E-state index contributed by atoms with van der Waals surface area (Å²) >= 11 is 0. The molecule has 132 valence electrons. The molecular formula is C20H19N3O3. The van der Waals surface area contributed by atoms with Crippen LogP contribution >= 0.6 is 0 Å². The number of aromatic nitrogens is 2. The van der Waals surface area contributed by atoms with Crippen LogP contribution in [0.1, 0.15) is 34.6 Å². The van der Waals surface area contributed by atoms with Gasteiger partial charge in [-0.15, -0.1) is 0 Å². The van der Waals surface area contributed by atoms with Gasteiger partial charge in [0.1, 0.15) is 11.4 Å². The van der Waals surface area contributed by atoms with E-state index in [9.17, 15) is 9.59 Å². The molecule has 0 radical (unpaired) electrons. The van der Waals surface area contributed by atoms with E-state index in [0.717, 1.165) is 16.9 Å². The standard InChI is InChI=1S/C20H19N3O3/c1-2-26-16-10-8-15(9-11-16)19(14-6-4-3-5-7-14)21-20(25)17-12-13-18(24)23-22-17/h3-13,19H,2H2,1H3,(H,21,25)(H,23,24). The molecule has 0 aliphatic carbocycles. The third kappa shape index (κ3) is 4.16. The van der Waals surface area contributed by atoms with Crippen molar-refractivity contribution >= 4 is 5.91 Å². The first-order chi connectivity index (χ1) is 12.7. The maximum absolute atomic E-state index is 12.6. The summed E-state index contributed by atoms with van der Waals surface area (Å²) in [5, 5.41) is 9.03. The Bertz CT molecular complexity index is 901. The minimum atomic E-state index is -0.371. The average Bonchev–Trinajstić information content (AvgIpc) is 2.68. The van der Waals surface area contributed by atoms with Crippen LogP contribution in [0.25, 0.3) is 0 Å². The Labute approximate surface area is 150 Å². The predicted molar refractivity (Wildman–Crippen MR) is 98.2 cm³/mol. The van der Waals surface area contributed by atoms with Gasteiger partial charge in [-0.3, -0.25) is 9.59 Å². The summed E-state index contributed by atoms with van der Waals surface area (Å²) in [7, 11) is 0. The SMILES string of the molecule is CCOc1ccc(C(NC(=O)c2ccc(=O)[nH]n2)c2ccccc2)cc1. The van der Waals surface area contributed by atoms with Gasteiger partial charge >= 0.3 is 0 Å². The molecule has 0 aliphatic heterocycles. The number of amides is 1. The molecule has 0 aliphatic rings. The Morgan fingerprint density at radius 1 is 1.04 bits per heavy atom. The van der Waals surface area contributed by atoms with E-state index in [0.29, 0.717) is 6.61 Å². The van der Waals surface area contributed by atoms with Crippen molar-refractivity contribution in [3.8, 4) is 5.75 Å². The molecule has 6 heteroatoms. The van der Waals surface area contributed by atoms with Crippen LogP contribution in [0.5, 0.6) is 5.75 Å². The molecule has 0 spiro atoms. The quantitative estimate of drug-likeness (QED) is 0.717. The summed E-state index contributed by atoms with van der Waals surface area (Å²) < 4.78 is 5.48. The van der Waals surface area contributed by atoms with Gasteiger partial charge in [-0.2, -0.15) is 5.10 Å². The third-order valence-electron chi connectivity index (χ3n) is 3.84. The Morgan fingerprint density at radius 3 is 2.35 bits per heavy atom. The van der Waals surface area contributed by atoms with Crippen molar-refractivity contribution in [2.24, 2.45) is 0 Å². The summed E-state index contributed by atoms with van der Waals surface area (Å²) in [5.41, 5.74) is 1.65. The number of nitrogens with one attached hydrogen (secondary N) is 2. The molecule has 0 bridgehead atoms. The van der Waals surface area contributed by atoms with Crippen LogP contribution in [0.4, 0.5) is 0 Å². The number of carbonyl (C=O) groups is 1. The van der Waals surface area contributed by atoms with E-state index in [1.165, 1.54) is 12.1 Å². The number of aromatic amines is 1. The first-order valence-electron chi connectivity index (χ1n) is 8.31. The van der Waals surface area contributed by atoms with Crippen LogP contribution in [0.3, 0.4) is 0 Å². The van der Waals surface area contributed by atoms with E-state index in [2.05, 4.69) is 15.5 Å². The van der Waals surface area contributed by atoms with E-state index < -0.39 is 0 Å². The van der Waals surface area contributed by atoms with Crippen LogP contribution in [-0.2, 0) is 0 Å². The largest absolute Gasteiger partial charge is 0.494 e. The molecule has 2 aromatic carbocycles. The van der Waals surface area contributed by atoms with Gasteiger partial charge in [0.2, 0.25) is 0 Å². The van der Waals surface area contributed by atoms with E-state index in [-0.39, 0.29) is 23.2 Å². The number of nitrogens with zero attached hydrogens (tertiary/aromatic N) is 1.